The Bertz CT molecular complexity index is 571. The molecule has 0 saturated carbocycles. The number of methoxy groups -OCH3 is 1. The van der Waals surface area contributed by atoms with Crippen molar-refractivity contribution in [2.75, 3.05) is 19.0 Å². The standard InChI is InChI=1S/C14H17F2N3O/c1-10(9-20-2)18-14-17-5-6-19(14)8-11-3-4-12(15)7-13(11)16/h3-7,10H,8-9H2,1-2H3,(H,17,18). The van der Waals surface area contributed by atoms with Gasteiger partial charge >= 0.3 is 0 Å². The van der Waals surface area contributed by atoms with Crippen LogP contribution in [0.4, 0.5) is 14.7 Å². The Morgan fingerprint density at radius 1 is 1.40 bits per heavy atom. The van der Waals surface area contributed by atoms with Crippen LogP contribution in [0, 0.1) is 11.6 Å². The van der Waals surface area contributed by atoms with Crippen LogP contribution >= 0.6 is 0 Å². The highest BCUT2D eigenvalue weighted by Gasteiger charge is 2.10. The van der Waals surface area contributed by atoms with E-state index in [9.17, 15) is 8.78 Å². The van der Waals surface area contributed by atoms with E-state index in [1.54, 1.807) is 24.1 Å². The summed E-state index contributed by atoms with van der Waals surface area (Å²) in [7, 11) is 1.62. The first-order valence-corrected chi connectivity index (χ1v) is 6.30. The molecule has 4 nitrogen and oxygen atoms in total. The van der Waals surface area contributed by atoms with Crippen molar-refractivity contribution in [3.05, 3.63) is 47.8 Å². The Kier molecular flexibility index (Phi) is 4.68. The van der Waals surface area contributed by atoms with Gasteiger partial charge in [0, 0.05) is 37.2 Å². The molecule has 2 rings (SSSR count). The average Bonchev–Trinajstić information content (AvgIpc) is 2.80. The zero-order valence-corrected chi connectivity index (χ0v) is 11.4. The molecule has 0 fully saturated rings. The molecule has 0 aliphatic carbocycles. The van der Waals surface area contributed by atoms with E-state index in [2.05, 4.69) is 10.3 Å². The Hall–Kier alpha value is -1.95. The van der Waals surface area contributed by atoms with E-state index in [0.717, 1.165) is 6.07 Å². The third-order valence-corrected chi connectivity index (χ3v) is 2.86. The number of hydrogen-bond donors (Lipinski definition) is 1. The summed E-state index contributed by atoms with van der Waals surface area (Å²) >= 11 is 0. The van der Waals surface area contributed by atoms with E-state index in [1.807, 2.05) is 6.92 Å². The minimum atomic E-state index is -0.580. The van der Waals surface area contributed by atoms with E-state index in [4.69, 9.17) is 4.74 Å². The number of nitrogens with zero attached hydrogens (tertiary/aromatic N) is 2. The van der Waals surface area contributed by atoms with Crippen LogP contribution in [0.2, 0.25) is 0 Å². The van der Waals surface area contributed by atoms with Crippen molar-refractivity contribution in [3.63, 3.8) is 0 Å². The van der Waals surface area contributed by atoms with E-state index in [-0.39, 0.29) is 12.6 Å². The summed E-state index contributed by atoms with van der Waals surface area (Å²) in [6, 6.07) is 3.65. The van der Waals surface area contributed by atoms with Crippen LogP contribution in [0.25, 0.3) is 0 Å². The van der Waals surface area contributed by atoms with Crippen LogP contribution in [0.1, 0.15) is 12.5 Å². The number of nitrogens with one attached hydrogen (secondary N) is 1. The third-order valence-electron chi connectivity index (χ3n) is 2.86. The fourth-order valence-electron chi connectivity index (χ4n) is 1.92. The molecule has 1 aromatic carbocycles. The summed E-state index contributed by atoms with van der Waals surface area (Å²) in [5.74, 6) is -0.517. The molecule has 6 heteroatoms. The second kappa shape index (κ2) is 6.47. The quantitative estimate of drug-likeness (QED) is 0.884. The number of ether oxygens (including phenoxy) is 1. The molecule has 1 heterocycles. The molecule has 20 heavy (non-hydrogen) atoms. The summed E-state index contributed by atoms with van der Waals surface area (Å²) in [5.41, 5.74) is 0.409. The Labute approximate surface area is 116 Å². The van der Waals surface area contributed by atoms with Gasteiger partial charge in [-0.25, -0.2) is 13.8 Å². The number of hydrogen-bond acceptors (Lipinski definition) is 3. The molecular formula is C14H17F2N3O. The number of imidazole rings is 1. The van der Waals surface area contributed by atoms with E-state index in [0.29, 0.717) is 18.1 Å². The number of aromatic nitrogens is 2. The first-order valence-electron chi connectivity index (χ1n) is 6.30. The molecule has 0 aliphatic rings. The highest BCUT2D eigenvalue weighted by atomic mass is 19.1. The summed E-state index contributed by atoms with van der Waals surface area (Å²) < 4.78 is 33.3. The van der Waals surface area contributed by atoms with Crippen molar-refractivity contribution in [2.45, 2.75) is 19.5 Å². The van der Waals surface area contributed by atoms with Crippen molar-refractivity contribution in [1.29, 1.82) is 0 Å². The summed E-state index contributed by atoms with van der Waals surface area (Å²) in [6.07, 6.45) is 3.37. The molecule has 0 aliphatic heterocycles. The lowest BCUT2D eigenvalue weighted by Gasteiger charge is -2.15. The lowest BCUT2D eigenvalue weighted by molar-refractivity contribution is 0.190. The summed E-state index contributed by atoms with van der Waals surface area (Å²) in [4.78, 5) is 4.18. The minimum absolute atomic E-state index is 0.0826. The largest absolute Gasteiger partial charge is 0.383 e. The van der Waals surface area contributed by atoms with Gasteiger partial charge in [0.2, 0.25) is 5.95 Å². The van der Waals surface area contributed by atoms with Gasteiger partial charge in [-0.2, -0.15) is 0 Å². The van der Waals surface area contributed by atoms with Gasteiger partial charge in [-0.05, 0) is 13.0 Å². The van der Waals surface area contributed by atoms with Crippen LogP contribution < -0.4 is 5.32 Å². The normalized spacial score (nSPS) is 12.4. The third kappa shape index (κ3) is 3.54. The number of halogens is 2. The van der Waals surface area contributed by atoms with Gasteiger partial charge in [-0.3, -0.25) is 0 Å². The van der Waals surface area contributed by atoms with E-state index < -0.39 is 11.6 Å². The SMILES string of the molecule is COCC(C)Nc1nccn1Cc1ccc(F)cc1F. The van der Waals surface area contributed by atoms with Gasteiger partial charge in [-0.15, -0.1) is 0 Å². The van der Waals surface area contributed by atoms with Crippen LogP contribution in [-0.4, -0.2) is 29.3 Å². The van der Waals surface area contributed by atoms with Crippen molar-refractivity contribution in [3.8, 4) is 0 Å². The minimum Gasteiger partial charge on any atom is -0.383 e. The number of rotatable bonds is 6. The molecule has 1 aromatic heterocycles. The molecule has 0 saturated heterocycles. The van der Waals surface area contributed by atoms with Gasteiger partial charge in [0.1, 0.15) is 11.6 Å². The van der Waals surface area contributed by atoms with Crippen LogP contribution in [0.3, 0.4) is 0 Å². The zero-order chi connectivity index (χ0) is 14.5. The highest BCUT2D eigenvalue weighted by Crippen LogP contribution is 2.14. The maximum absolute atomic E-state index is 13.6. The fraction of sp³-hybridized carbons (Fsp3) is 0.357. The van der Waals surface area contributed by atoms with Gasteiger partial charge in [0.05, 0.1) is 13.2 Å². The fourth-order valence-corrected chi connectivity index (χ4v) is 1.92. The Balaban J connectivity index is 2.12. The topological polar surface area (TPSA) is 39.1 Å². The van der Waals surface area contributed by atoms with Crippen LogP contribution in [-0.2, 0) is 11.3 Å². The maximum atomic E-state index is 13.6. The van der Waals surface area contributed by atoms with Gasteiger partial charge < -0.3 is 14.6 Å². The van der Waals surface area contributed by atoms with Crippen molar-refractivity contribution >= 4 is 5.95 Å². The lowest BCUT2D eigenvalue weighted by atomic mass is 10.2. The second-order valence-corrected chi connectivity index (χ2v) is 4.62. The van der Waals surface area contributed by atoms with Crippen molar-refractivity contribution in [2.24, 2.45) is 0 Å². The molecule has 0 radical (unpaired) electrons. The van der Waals surface area contributed by atoms with E-state index >= 15 is 0 Å². The smallest absolute Gasteiger partial charge is 0.203 e. The molecule has 0 bridgehead atoms. The molecule has 1 N–H and O–H groups in total. The first kappa shape index (κ1) is 14.5. The second-order valence-electron chi connectivity index (χ2n) is 4.62. The predicted octanol–water partition coefficient (Wildman–Crippen LogP) is 2.66. The van der Waals surface area contributed by atoms with Gasteiger partial charge in [0.15, 0.2) is 0 Å². The van der Waals surface area contributed by atoms with Crippen LogP contribution in [0.5, 0.6) is 0 Å². The number of benzene rings is 1. The Morgan fingerprint density at radius 3 is 2.90 bits per heavy atom. The molecule has 1 atom stereocenters. The van der Waals surface area contributed by atoms with Gasteiger partial charge in [-0.1, -0.05) is 6.07 Å². The molecule has 108 valence electrons. The van der Waals surface area contributed by atoms with Crippen molar-refractivity contribution in [1.82, 2.24) is 9.55 Å². The molecule has 1 unspecified atom stereocenters. The summed E-state index contributed by atoms with van der Waals surface area (Å²) in [5, 5.41) is 3.17. The van der Waals surface area contributed by atoms with Crippen LogP contribution in [0.15, 0.2) is 30.6 Å². The van der Waals surface area contributed by atoms with Gasteiger partial charge in [0.25, 0.3) is 0 Å². The molecular weight excluding hydrogens is 264 g/mol. The Morgan fingerprint density at radius 2 is 2.20 bits per heavy atom. The molecule has 0 spiro atoms. The van der Waals surface area contributed by atoms with E-state index in [1.165, 1.54) is 12.1 Å². The number of anilines is 1. The predicted molar refractivity (Wildman–Crippen MR) is 72.6 cm³/mol. The average molecular weight is 281 g/mol. The zero-order valence-electron chi connectivity index (χ0n) is 11.4. The maximum Gasteiger partial charge on any atom is 0.203 e. The molecule has 2 aromatic rings. The lowest BCUT2D eigenvalue weighted by Crippen LogP contribution is -2.23. The first-order chi connectivity index (χ1) is 9.60. The summed E-state index contributed by atoms with van der Waals surface area (Å²) in [6.45, 7) is 2.78. The highest BCUT2D eigenvalue weighted by molar-refractivity contribution is 5.29. The molecule has 0 amide bonds. The van der Waals surface area contributed by atoms with Crippen molar-refractivity contribution < 1.29 is 13.5 Å². The monoisotopic (exact) mass is 281 g/mol.